The van der Waals surface area contributed by atoms with Crippen LogP contribution in [0.4, 0.5) is 13.2 Å². The molecule has 0 aliphatic carbocycles. The maximum absolute atomic E-state index is 12.6. The van der Waals surface area contributed by atoms with E-state index in [1.807, 2.05) is 5.38 Å². The van der Waals surface area contributed by atoms with Crippen LogP contribution in [-0.4, -0.2) is 25.5 Å². The second-order valence-corrected chi connectivity index (χ2v) is 4.49. The average Bonchev–Trinajstić information content (AvgIpc) is 2.60. The highest BCUT2D eigenvalue weighted by molar-refractivity contribution is 7.10. The number of hydrogen-bond acceptors (Lipinski definition) is 3. The van der Waals surface area contributed by atoms with E-state index in [0.717, 1.165) is 4.88 Å². The van der Waals surface area contributed by atoms with Crippen molar-refractivity contribution in [3.8, 4) is 0 Å². The Morgan fingerprint density at radius 1 is 1.25 bits per heavy atom. The van der Waals surface area contributed by atoms with Gasteiger partial charge in [-0.1, -0.05) is 6.07 Å². The minimum atomic E-state index is -4.32. The van der Waals surface area contributed by atoms with Crippen molar-refractivity contribution in [1.82, 2.24) is 0 Å². The summed E-state index contributed by atoms with van der Waals surface area (Å²) in [7, 11) is 0. The summed E-state index contributed by atoms with van der Waals surface area (Å²) in [6, 6.07) is 3.59. The molecule has 2 atom stereocenters. The molecule has 0 amide bonds. The first-order valence-electron chi connectivity index (χ1n) is 4.90. The molecule has 2 nitrogen and oxygen atoms in total. The van der Waals surface area contributed by atoms with E-state index in [2.05, 4.69) is 0 Å². The predicted octanol–water partition coefficient (Wildman–Crippen LogP) is 3.16. The molecule has 1 fully saturated rings. The molecule has 2 heterocycles. The Balaban J connectivity index is 2.10. The number of halogens is 3. The largest absolute Gasteiger partial charge is 0.414 e. The van der Waals surface area contributed by atoms with Gasteiger partial charge in [0.05, 0.1) is 19.3 Å². The van der Waals surface area contributed by atoms with Gasteiger partial charge in [0.1, 0.15) is 0 Å². The number of rotatable bonds is 1. The standard InChI is InChI=1S/C10H11F3O2S/c11-10(12,13)9-6-7(14-3-4-15-9)8-2-1-5-16-8/h1-2,5,7,9H,3-4,6H2. The normalized spacial score (nSPS) is 27.7. The first-order valence-corrected chi connectivity index (χ1v) is 5.78. The summed E-state index contributed by atoms with van der Waals surface area (Å²) < 4.78 is 47.8. The lowest BCUT2D eigenvalue weighted by atomic mass is 10.1. The van der Waals surface area contributed by atoms with Crippen molar-refractivity contribution in [2.45, 2.75) is 24.8 Å². The fraction of sp³-hybridized carbons (Fsp3) is 0.600. The van der Waals surface area contributed by atoms with Crippen LogP contribution >= 0.6 is 11.3 Å². The second-order valence-electron chi connectivity index (χ2n) is 3.51. The minimum absolute atomic E-state index is 0.00789. The SMILES string of the molecule is FC(F)(F)C1CC(c2cccs2)OCCO1. The number of hydrogen-bond donors (Lipinski definition) is 0. The van der Waals surface area contributed by atoms with Crippen LogP contribution in [0.2, 0.25) is 0 Å². The zero-order valence-electron chi connectivity index (χ0n) is 8.37. The predicted molar refractivity (Wildman–Crippen MR) is 53.4 cm³/mol. The topological polar surface area (TPSA) is 18.5 Å². The highest BCUT2D eigenvalue weighted by Gasteiger charge is 2.43. The summed E-state index contributed by atoms with van der Waals surface area (Å²) in [5.74, 6) is 0. The van der Waals surface area contributed by atoms with Crippen LogP contribution in [0.3, 0.4) is 0 Å². The number of thiophene rings is 1. The van der Waals surface area contributed by atoms with Gasteiger partial charge in [0.25, 0.3) is 0 Å². The fourth-order valence-electron chi connectivity index (χ4n) is 1.61. The van der Waals surface area contributed by atoms with Crippen LogP contribution in [0.1, 0.15) is 17.4 Å². The summed E-state index contributed by atoms with van der Waals surface area (Å²) in [5, 5.41) is 1.83. The lowest BCUT2D eigenvalue weighted by Gasteiger charge is -2.20. The van der Waals surface area contributed by atoms with Gasteiger partial charge in [0.15, 0.2) is 6.10 Å². The van der Waals surface area contributed by atoms with Crippen molar-refractivity contribution < 1.29 is 22.6 Å². The Bertz CT molecular complexity index is 323. The maximum Gasteiger partial charge on any atom is 0.414 e. The first-order chi connectivity index (χ1) is 7.57. The average molecular weight is 252 g/mol. The van der Waals surface area contributed by atoms with Crippen molar-refractivity contribution in [3.63, 3.8) is 0 Å². The lowest BCUT2D eigenvalue weighted by molar-refractivity contribution is -0.220. The summed E-state index contributed by atoms with van der Waals surface area (Å²) in [6.07, 6.45) is -6.70. The fourth-order valence-corrected chi connectivity index (χ4v) is 2.40. The van der Waals surface area contributed by atoms with Crippen molar-refractivity contribution in [2.24, 2.45) is 0 Å². The summed E-state index contributed by atoms with van der Waals surface area (Å²) in [6.45, 7) is 0.196. The van der Waals surface area contributed by atoms with Crippen LogP contribution in [0, 0.1) is 0 Å². The van der Waals surface area contributed by atoms with Crippen molar-refractivity contribution in [2.75, 3.05) is 13.2 Å². The Kier molecular flexibility index (Phi) is 3.51. The highest BCUT2D eigenvalue weighted by atomic mass is 32.1. The molecule has 0 aromatic carbocycles. The van der Waals surface area contributed by atoms with Crippen LogP contribution in [0.15, 0.2) is 17.5 Å². The van der Waals surface area contributed by atoms with Crippen molar-refractivity contribution in [3.05, 3.63) is 22.4 Å². The third kappa shape index (κ3) is 2.75. The smallest absolute Gasteiger partial charge is 0.370 e. The molecule has 0 spiro atoms. The first kappa shape index (κ1) is 11.9. The van der Waals surface area contributed by atoms with Gasteiger partial charge in [-0.15, -0.1) is 11.3 Å². The number of ether oxygens (including phenoxy) is 2. The van der Waals surface area contributed by atoms with E-state index in [1.165, 1.54) is 11.3 Å². The monoisotopic (exact) mass is 252 g/mol. The Morgan fingerprint density at radius 3 is 2.62 bits per heavy atom. The van der Waals surface area contributed by atoms with Crippen LogP contribution in [0.5, 0.6) is 0 Å². The van der Waals surface area contributed by atoms with E-state index < -0.39 is 18.4 Å². The molecular formula is C10H11F3O2S. The molecule has 0 bridgehead atoms. The highest BCUT2D eigenvalue weighted by Crippen LogP contribution is 2.35. The second kappa shape index (κ2) is 4.73. The van der Waals surface area contributed by atoms with E-state index in [9.17, 15) is 13.2 Å². The van der Waals surface area contributed by atoms with Gasteiger partial charge in [-0.25, -0.2) is 0 Å². The third-order valence-electron chi connectivity index (χ3n) is 2.38. The maximum atomic E-state index is 12.6. The van der Waals surface area contributed by atoms with Crippen LogP contribution in [-0.2, 0) is 9.47 Å². The molecule has 2 rings (SSSR count). The molecule has 0 saturated carbocycles. The van der Waals surface area contributed by atoms with Gasteiger partial charge in [0.2, 0.25) is 0 Å². The molecule has 2 unspecified atom stereocenters. The summed E-state index contributed by atoms with van der Waals surface area (Å²) >= 11 is 1.40. The van der Waals surface area contributed by atoms with E-state index in [4.69, 9.17) is 9.47 Å². The zero-order chi connectivity index (χ0) is 11.6. The van der Waals surface area contributed by atoms with E-state index in [0.29, 0.717) is 0 Å². The van der Waals surface area contributed by atoms with Crippen LogP contribution < -0.4 is 0 Å². The molecule has 0 radical (unpaired) electrons. The summed E-state index contributed by atoms with van der Waals surface area (Å²) in [5.41, 5.74) is 0. The molecule has 1 aromatic rings. The molecule has 1 aliphatic rings. The molecule has 1 aromatic heterocycles. The van der Waals surface area contributed by atoms with Gasteiger partial charge >= 0.3 is 6.18 Å². The molecular weight excluding hydrogens is 241 g/mol. The Labute approximate surface area is 95.0 Å². The Morgan fingerprint density at radius 2 is 2.00 bits per heavy atom. The third-order valence-corrected chi connectivity index (χ3v) is 3.34. The molecule has 1 saturated heterocycles. The lowest BCUT2D eigenvalue weighted by Crippen LogP contribution is -2.32. The van der Waals surface area contributed by atoms with Gasteiger partial charge in [-0.2, -0.15) is 13.2 Å². The molecule has 0 N–H and O–H groups in total. The zero-order valence-corrected chi connectivity index (χ0v) is 9.18. The molecule has 1 aliphatic heterocycles. The van der Waals surface area contributed by atoms with Crippen molar-refractivity contribution in [1.29, 1.82) is 0 Å². The van der Waals surface area contributed by atoms with Crippen LogP contribution in [0.25, 0.3) is 0 Å². The number of alkyl halides is 3. The molecule has 90 valence electrons. The van der Waals surface area contributed by atoms with Crippen molar-refractivity contribution >= 4 is 11.3 Å². The quantitative estimate of drug-likeness (QED) is 0.764. The molecule has 6 heteroatoms. The minimum Gasteiger partial charge on any atom is -0.370 e. The van der Waals surface area contributed by atoms with Gasteiger partial charge in [-0.05, 0) is 11.4 Å². The summed E-state index contributed by atoms with van der Waals surface area (Å²) in [4.78, 5) is 0.819. The van der Waals surface area contributed by atoms with Gasteiger partial charge in [-0.3, -0.25) is 0 Å². The van der Waals surface area contributed by atoms with E-state index >= 15 is 0 Å². The van der Waals surface area contributed by atoms with Gasteiger partial charge in [0, 0.05) is 11.3 Å². The Hall–Kier alpha value is -0.590. The molecule has 16 heavy (non-hydrogen) atoms. The van der Waals surface area contributed by atoms with E-state index in [-0.39, 0.29) is 19.6 Å². The van der Waals surface area contributed by atoms with E-state index in [1.54, 1.807) is 12.1 Å². The van der Waals surface area contributed by atoms with Gasteiger partial charge < -0.3 is 9.47 Å².